The highest BCUT2D eigenvalue weighted by atomic mass is 16.5. The molecule has 1 N–H and O–H groups in total. The van der Waals surface area contributed by atoms with Crippen molar-refractivity contribution in [3.8, 4) is 5.88 Å². The SMILES string of the molecule is COC(=O)NCCOc1cc(C)on1. The van der Waals surface area contributed by atoms with Gasteiger partial charge in [-0.1, -0.05) is 0 Å². The molecule has 0 unspecified atom stereocenters. The van der Waals surface area contributed by atoms with Crippen LogP contribution in [0.4, 0.5) is 4.79 Å². The Morgan fingerprint density at radius 3 is 3.07 bits per heavy atom. The standard InChI is InChI=1S/C8H12N2O4/c1-6-5-7(10-14-6)13-4-3-9-8(11)12-2/h5H,3-4H2,1-2H3,(H,9,11). The van der Waals surface area contributed by atoms with E-state index in [2.05, 4.69) is 15.2 Å². The van der Waals surface area contributed by atoms with Gasteiger partial charge in [-0.15, -0.1) is 0 Å². The maximum Gasteiger partial charge on any atom is 0.406 e. The largest absolute Gasteiger partial charge is 0.474 e. The van der Waals surface area contributed by atoms with Gasteiger partial charge in [0.15, 0.2) is 0 Å². The summed E-state index contributed by atoms with van der Waals surface area (Å²) in [6.07, 6.45) is -0.482. The number of hydrogen-bond donors (Lipinski definition) is 1. The van der Waals surface area contributed by atoms with E-state index >= 15 is 0 Å². The number of ether oxygens (including phenoxy) is 2. The van der Waals surface area contributed by atoms with Crippen LogP contribution in [0.2, 0.25) is 0 Å². The Hall–Kier alpha value is -1.72. The topological polar surface area (TPSA) is 73.6 Å². The summed E-state index contributed by atoms with van der Waals surface area (Å²) in [6, 6.07) is 1.66. The van der Waals surface area contributed by atoms with E-state index in [4.69, 9.17) is 9.26 Å². The van der Waals surface area contributed by atoms with Crippen molar-refractivity contribution in [1.82, 2.24) is 10.5 Å². The highest BCUT2D eigenvalue weighted by molar-refractivity contribution is 5.66. The van der Waals surface area contributed by atoms with E-state index < -0.39 is 6.09 Å². The molecular weight excluding hydrogens is 188 g/mol. The number of alkyl carbamates (subject to hydrolysis) is 1. The molecule has 1 amide bonds. The highest BCUT2D eigenvalue weighted by Gasteiger charge is 2.01. The Morgan fingerprint density at radius 2 is 2.50 bits per heavy atom. The first-order valence-corrected chi connectivity index (χ1v) is 4.10. The Morgan fingerprint density at radius 1 is 1.71 bits per heavy atom. The fourth-order valence-electron chi connectivity index (χ4n) is 0.792. The van der Waals surface area contributed by atoms with Crippen LogP contribution in [0, 0.1) is 6.92 Å². The Kier molecular flexibility index (Phi) is 3.78. The number of aromatic nitrogens is 1. The van der Waals surface area contributed by atoms with Gasteiger partial charge < -0.3 is 19.3 Å². The van der Waals surface area contributed by atoms with Gasteiger partial charge in [0, 0.05) is 6.07 Å². The third-order valence-corrected chi connectivity index (χ3v) is 1.41. The second-order valence-corrected chi connectivity index (χ2v) is 2.54. The molecule has 0 fully saturated rings. The third-order valence-electron chi connectivity index (χ3n) is 1.41. The quantitative estimate of drug-likeness (QED) is 0.725. The number of carbonyl (C=O) groups is 1. The molecule has 0 aromatic carbocycles. The maximum atomic E-state index is 10.6. The van der Waals surface area contributed by atoms with Gasteiger partial charge in [0.25, 0.3) is 5.88 Å². The predicted octanol–water partition coefficient (Wildman–Crippen LogP) is 0.718. The van der Waals surface area contributed by atoms with Gasteiger partial charge in [0.05, 0.1) is 13.7 Å². The first-order chi connectivity index (χ1) is 6.72. The van der Waals surface area contributed by atoms with Crippen molar-refractivity contribution in [1.29, 1.82) is 0 Å². The van der Waals surface area contributed by atoms with Gasteiger partial charge in [-0.3, -0.25) is 0 Å². The molecule has 0 radical (unpaired) electrons. The van der Waals surface area contributed by atoms with Crippen LogP contribution in [0.1, 0.15) is 5.76 Å². The zero-order valence-corrected chi connectivity index (χ0v) is 8.07. The van der Waals surface area contributed by atoms with Crippen molar-refractivity contribution < 1.29 is 18.8 Å². The zero-order chi connectivity index (χ0) is 10.4. The van der Waals surface area contributed by atoms with E-state index in [1.165, 1.54) is 7.11 Å². The van der Waals surface area contributed by atoms with E-state index in [1.54, 1.807) is 13.0 Å². The molecule has 0 atom stereocenters. The fourth-order valence-corrected chi connectivity index (χ4v) is 0.792. The number of nitrogens with zero attached hydrogens (tertiary/aromatic N) is 1. The summed E-state index contributed by atoms with van der Waals surface area (Å²) in [6.45, 7) is 2.45. The molecule has 0 bridgehead atoms. The lowest BCUT2D eigenvalue weighted by Gasteiger charge is -2.03. The second kappa shape index (κ2) is 5.11. The number of carbonyl (C=O) groups excluding carboxylic acids is 1. The van der Waals surface area contributed by atoms with Gasteiger partial charge in [0.1, 0.15) is 12.4 Å². The maximum absolute atomic E-state index is 10.6. The Labute approximate surface area is 81.2 Å². The highest BCUT2D eigenvalue weighted by Crippen LogP contribution is 2.08. The lowest BCUT2D eigenvalue weighted by Crippen LogP contribution is -2.27. The van der Waals surface area contributed by atoms with Gasteiger partial charge >= 0.3 is 6.09 Å². The normalized spacial score (nSPS) is 9.57. The van der Waals surface area contributed by atoms with E-state index in [0.29, 0.717) is 24.8 Å². The molecule has 1 aromatic heterocycles. The Balaban J connectivity index is 2.13. The summed E-state index contributed by atoms with van der Waals surface area (Å²) in [7, 11) is 1.30. The van der Waals surface area contributed by atoms with Crippen molar-refractivity contribution in [2.75, 3.05) is 20.3 Å². The van der Waals surface area contributed by atoms with Crippen LogP contribution in [0.3, 0.4) is 0 Å². The van der Waals surface area contributed by atoms with E-state index in [9.17, 15) is 4.79 Å². The second-order valence-electron chi connectivity index (χ2n) is 2.54. The molecule has 78 valence electrons. The number of aryl methyl sites for hydroxylation is 1. The zero-order valence-electron chi connectivity index (χ0n) is 8.07. The summed E-state index contributed by atoms with van der Waals surface area (Å²) in [5, 5.41) is 6.08. The van der Waals surface area contributed by atoms with Crippen LogP contribution in [0.5, 0.6) is 5.88 Å². The molecule has 0 aliphatic carbocycles. The first-order valence-electron chi connectivity index (χ1n) is 4.10. The van der Waals surface area contributed by atoms with Crippen LogP contribution in [-0.2, 0) is 4.74 Å². The molecule has 6 heteroatoms. The Bertz CT molecular complexity index is 297. The molecule has 0 saturated carbocycles. The van der Waals surface area contributed by atoms with Crippen molar-refractivity contribution in [2.45, 2.75) is 6.92 Å². The number of hydrogen-bond acceptors (Lipinski definition) is 5. The number of amides is 1. The van der Waals surface area contributed by atoms with Gasteiger partial charge in [-0.2, -0.15) is 0 Å². The van der Waals surface area contributed by atoms with Crippen molar-refractivity contribution in [3.63, 3.8) is 0 Å². The molecule has 14 heavy (non-hydrogen) atoms. The molecule has 0 aliphatic heterocycles. The number of nitrogens with one attached hydrogen (secondary N) is 1. The van der Waals surface area contributed by atoms with Crippen LogP contribution in [0.15, 0.2) is 10.6 Å². The van der Waals surface area contributed by atoms with Gasteiger partial charge in [-0.25, -0.2) is 4.79 Å². The van der Waals surface area contributed by atoms with E-state index in [1.807, 2.05) is 0 Å². The summed E-state index contributed by atoms with van der Waals surface area (Å²) in [4.78, 5) is 10.6. The molecule has 1 rings (SSSR count). The first kappa shape index (κ1) is 10.4. The number of methoxy groups -OCH3 is 1. The van der Waals surface area contributed by atoms with Crippen LogP contribution in [-0.4, -0.2) is 31.5 Å². The average molecular weight is 200 g/mol. The molecule has 1 heterocycles. The van der Waals surface area contributed by atoms with Gasteiger partial charge in [-0.05, 0) is 12.1 Å². The minimum absolute atomic E-state index is 0.321. The van der Waals surface area contributed by atoms with Crippen LogP contribution < -0.4 is 10.1 Å². The fraction of sp³-hybridized carbons (Fsp3) is 0.500. The molecule has 0 spiro atoms. The summed E-state index contributed by atoms with van der Waals surface area (Å²) < 4.78 is 14.3. The third kappa shape index (κ3) is 3.34. The molecule has 1 aromatic rings. The van der Waals surface area contributed by atoms with E-state index in [0.717, 1.165) is 0 Å². The lowest BCUT2D eigenvalue weighted by atomic mass is 10.5. The average Bonchev–Trinajstić information content (AvgIpc) is 2.58. The minimum atomic E-state index is -0.482. The van der Waals surface area contributed by atoms with Gasteiger partial charge in [0.2, 0.25) is 0 Å². The predicted molar refractivity (Wildman–Crippen MR) is 47.1 cm³/mol. The molecule has 6 nitrogen and oxygen atoms in total. The van der Waals surface area contributed by atoms with Crippen molar-refractivity contribution in [2.24, 2.45) is 0 Å². The number of rotatable bonds is 4. The summed E-state index contributed by atoms with van der Waals surface area (Å²) >= 11 is 0. The lowest BCUT2D eigenvalue weighted by molar-refractivity contribution is 0.168. The summed E-state index contributed by atoms with van der Waals surface area (Å²) in [5.41, 5.74) is 0. The molecular formula is C8H12N2O4. The van der Waals surface area contributed by atoms with Crippen LogP contribution >= 0.6 is 0 Å². The molecule has 0 saturated heterocycles. The smallest absolute Gasteiger partial charge is 0.406 e. The summed E-state index contributed by atoms with van der Waals surface area (Å²) in [5.74, 6) is 1.09. The van der Waals surface area contributed by atoms with Crippen molar-refractivity contribution in [3.05, 3.63) is 11.8 Å². The van der Waals surface area contributed by atoms with E-state index in [-0.39, 0.29) is 0 Å². The minimum Gasteiger partial charge on any atom is -0.474 e. The monoisotopic (exact) mass is 200 g/mol. The van der Waals surface area contributed by atoms with Crippen LogP contribution in [0.25, 0.3) is 0 Å². The molecule has 0 aliphatic rings. The van der Waals surface area contributed by atoms with Crippen molar-refractivity contribution >= 4 is 6.09 Å².